The Kier molecular flexibility index (Phi) is 5.22. The molecule has 19 heavy (non-hydrogen) atoms. The summed E-state index contributed by atoms with van der Waals surface area (Å²) in [5, 5.41) is -0.432. The molecule has 0 spiro atoms. The van der Waals surface area contributed by atoms with E-state index in [9.17, 15) is 8.78 Å². The van der Waals surface area contributed by atoms with Gasteiger partial charge in [-0.3, -0.25) is 0 Å². The van der Waals surface area contributed by atoms with Gasteiger partial charge in [0.1, 0.15) is 5.75 Å². The molecule has 0 fully saturated rings. The Hall–Kier alpha value is -0.170. The predicted octanol–water partition coefficient (Wildman–Crippen LogP) is 6.20. The molecule has 2 rings (SSSR count). The summed E-state index contributed by atoms with van der Waals surface area (Å²) in [7, 11) is 0. The van der Waals surface area contributed by atoms with Crippen molar-refractivity contribution in [2.75, 3.05) is 0 Å². The van der Waals surface area contributed by atoms with Crippen molar-refractivity contribution < 1.29 is 13.5 Å². The summed E-state index contributed by atoms with van der Waals surface area (Å²) >= 11 is 14.7. The number of alkyl halides is 3. The van der Waals surface area contributed by atoms with Gasteiger partial charge in [-0.15, -0.1) is 22.9 Å². The molecule has 0 saturated heterocycles. The van der Waals surface area contributed by atoms with Crippen LogP contribution in [0.5, 0.6) is 5.75 Å². The van der Waals surface area contributed by atoms with Gasteiger partial charge < -0.3 is 4.74 Å². The lowest BCUT2D eigenvalue weighted by atomic mass is 10.1. The summed E-state index contributed by atoms with van der Waals surface area (Å²) in [6.07, 6.45) is 0. The van der Waals surface area contributed by atoms with E-state index in [0.717, 1.165) is 13.1 Å². The van der Waals surface area contributed by atoms with Crippen LogP contribution in [0.1, 0.15) is 16.5 Å². The van der Waals surface area contributed by atoms with E-state index in [4.69, 9.17) is 11.6 Å². The Labute approximate surface area is 134 Å². The van der Waals surface area contributed by atoms with Crippen LogP contribution in [0.25, 0.3) is 0 Å². The van der Waals surface area contributed by atoms with Crippen LogP contribution in [-0.2, 0) is 0 Å². The van der Waals surface area contributed by atoms with E-state index in [1.807, 2.05) is 6.07 Å². The van der Waals surface area contributed by atoms with Gasteiger partial charge in [-0.1, -0.05) is 12.1 Å². The van der Waals surface area contributed by atoms with Crippen molar-refractivity contribution in [2.45, 2.75) is 12.0 Å². The molecule has 7 heteroatoms. The lowest BCUT2D eigenvalue weighted by Crippen LogP contribution is -2.02. The highest BCUT2D eigenvalue weighted by Gasteiger charge is 2.17. The van der Waals surface area contributed by atoms with Gasteiger partial charge >= 0.3 is 6.61 Å². The molecule has 1 unspecified atom stereocenters. The maximum Gasteiger partial charge on any atom is 0.387 e. The molecule has 1 atom stereocenters. The van der Waals surface area contributed by atoms with E-state index in [0.29, 0.717) is 5.56 Å². The largest absolute Gasteiger partial charge is 0.435 e. The third kappa shape index (κ3) is 3.90. The third-order valence-electron chi connectivity index (χ3n) is 2.33. The van der Waals surface area contributed by atoms with Crippen LogP contribution in [0.4, 0.5) is 8.78 Å². The molecular weight excluding hydrogens is 425 g/mol. The number of ether oxygens (including phenoxy) is 1. The van der Waals surface area contributed by atoms with E-state index in [1.54, 1.807) is 12.1 Å². The topological polar surface area (TPSA) is 9.23 Å². The first-order valence-electron chi connectivity index (χ1n) is 5.11. The fraction of sp³-hybridized carbons (Fsp3) is 0.167. The molecule has 102 valence electrons. The van der Waals surface area contributed by atoms with E-state index in [2.05, 4.69) is 36.6 Å². The second kappa shape index (κ2) is 6.52. The van der Waals surface area contributed by atoms with Gasteiger partial charge in [0, 0.05) is 5.56 Å². The van der Waals surface area contributed by atoms with E-state index in [1.165, 1.54) is 23.5 Å². The zero-order valence-electron chi connectivity index (χ0n) is 9.25. The molecule has 0 amide bonds. The highest BCUT2D eigenvalue weighted by Crippen LogP contribution is 2.41. The number of rotatable bonds is 4. The number of benzene rings is 1. The summed E-state index contributed by atoms with van der Waals surface area (Å²) in [5.41, 5.74) is 1.58. The quantitative estimate of drug-likeness (QED) is 0.523. The molecule has 1 heterocycles. The van der Waals surface area contributed by atoms with Crippen molar-refractivity contribution >= 4 is 54.8 Å². The second-order valence-electron chi connectivity index (χ2n) is 3.59. The van der Waals surface area contributed by atoms with Gasteiger partial charge in [-0.05, 0) is 55.6 Å². The van der Waals surface area contributed by atoms with E-state index in [-0.39, 0.29) is 5.75 Å². The van der Waals surface area contributed by atoms with Gasteiger partial charge in [-0.25, -0.2) is 0 Å². The standard InChI is InChI=1S/C12H7Br2ClF2OS/c13-9-5-8(11(14)19-9)10(15)6-2-1-3-7(4-6)18-12(16)17/h1-5,10,12H. The third-order valence-corrected chi connectivity index (χ3v) is 5.20. The van der Waals surface area contributed by atoms with Gasteiger partial charge in [0.25, 0.3) is 0 Å². The van der Waals surface area contributed by atoms with E-state index < -0.39 is 12.0 Å². The minimum absolute atomic E-state index is 0.101. The number of thiophene rings is 1. The molecule has 0 bridgehead atoms. The van der Waals surface area contributed by atoms with Crippen molar-refractivity contribution in [3.8, 4) is 5.75 Å². The summed E-state index contributed by atoms with van der Waals surface area (Å²) < 4.78 is 30.6. The Bertz CT molecular complexity index is 577. The van der Waals surface area contributed by atoms with Crippen molar-refractivity contribution in [1.29, 1.82) is 0 Å². The first-order valence-corrected chi connectivity index (χ1v) is 7.95. The minimum Gasteiger partial charge on any atom is -0.435 e. The lowest BCUT2D eigenvalue weighted by Gasteiger charge is -2.11. The highest BCUT2D eigenvalue weighted by molar-refractivity contribution is 9.12. The summed E-state index contributed by atoms with van der Waals surface area (Å²) in [6.45, 7) is -2.84. The average Bonchev–Trinajstić information content (AvgIpc) is 2.67. The summed E-state index contributed by atoms with van der Waals surface area (Å²) in [6, 6.07) is 8.29. The zero-order valence-corrected chi connectivity index (χ0v) is 14.0. The Morgan fingerprint density at radius 3 is 2.53 bits per heavy atom. The molecule has 0 radical (unpaired) electrons. The van der Waals surface area contributed by atoms with Gasteiger partial charge in [0.2, 0.25) is 0 Å². The monoisotopic (exact) mass is 430 g/mol. The molecule has 1 nitrogen and oxygen atoms in total. The van der Waals surface area contributed by atoms with Crippen molar-refractivity contribution in [1.82, 2.24) is 0 Å². The van der Waals surface area contributed by atoms with E-state index >= 15 is 0 Å². The molecule has 0 aliphatic carbocycles. The summed E-state index contributed by atoms with van der Waals surface area (Å²) in [5.74, 6) is 0.101. The first kappa shape index (κ1) is 15.2. The number of hydrogen-bond donors (Lipinski definition) is 0. The maximum absolute atomic E-state index is 12.2. The molecule has 0 N–H and O–H groups in total. The Morgan fingerprint density at radius 2 is 1.95 bits per heavy atom. The fourth-order valence-corrected chi connectivity index (χ4v) is 4.96. The van der Waals surface area contributed by atoms with Crippen LogP contribution < -0.4 is 4.74 Å². The summed E-state index contributed by atoms with van der Waals surface area (Å²) in [4.78, 5) is 0. The Balaban J connectivity index is 2.28. The SMILES string of the molecule is FC(F)Oc1cccc(C(Cl)c2cc(Br)sc2Br)c1. The smallest absolute Gasteiger partial charge is 0.387 e. The molecule has 1 aromatic heterocycles. The highest BCUT2D eigenvalue weighted by atomic mass is 79.9. The molecule has 2 aromatic rings. The lowest BCUT2D eigenvalue weighted by molar-refractivity contribution is -0.0498. The normalized spacial score (nSPS) is 12.7. The van der Waals surface area contributed by atoms with Crippen LogP contribution in [-0.4, -0.2) is 6.61 Å². The molecular formula is C12H7Br2ClF2OS. The van der Waals surface area contributed by atoms with Crippen LogP contribution in [0, 0.1) is 0 Å². The van der Waals surface area contributed by atoms with Crippen LogP contribution in [0.3, 0.4) is 0 Å². The molecule has 0 saturated carbocycles. The van der Waals surface area contributed by atoms with Gasteiger partial charge in [0.15, 0.2) is 0 Å². The van der Waals surface area contributed by atoms with Crippen LogP contribution in [0.2, 0.25) is 0 Å². The van der Waals surface area contributed by atoms with Gasteiger partial charge in [-0.2, -0.15) is 8.78 Å². The fourth-order valence-electron chi connectivity index (χ4n) is 1.55. The van der Waals surface area contributed by atoms with Crippen molar-refractivity contribution in [3.05, 3.63) is 49.0 Å². The number of halogens is 5. The maximum atomic E-state index is 12.2. The molecule has 0 aliphatic heterocycles. The zero-order chi connectivity index (χ0) is 14.0. The number of hydrogen-bond acceptors (Lipinski definition) is 2. The van der Waals surface area contributed by atoms with Gasteiger partial charge in [0.05, 0.1) is 12.9 Å². The first-order chi connectivity index (χ1) is 8.97. The molecule has 0 aliphatic rings. The second-order valence-corrected chi connectivity index (χ2v) is 7.78. The minimum atomic E-state index is -2.84. The van der Waals surface area contributed by atoms with Crippen LogP contribution >= 0.6 is 54.8 Å². The van der Waals surface area contributed by atoms with Crippen molar-refractivity contribution in [2.24, 2.45) is 0 Å². The average molecular weight is 433 g/mol. The predicted molar refractivity (Wildman–Crippen MR) is 80.5 cm³/mol. The Morgan fingerprint density at radius 1 is 1.21 bits per heavy atom. The van der Waals surface area contributed by atoms with Crippen LogP contribution in [0.15, 0.2) is 37.9 Å². The van der Waals surface area contributed by atoms with Crippen molar-refractivity contribution in [3.63, 3.8) is 0 Å². The molecule has 1 aromatic carbocycles.